The summed E-state index contributed by atoms with van der Waals surface area (Å²) in [6.07, 6.45) is 1.51. The molecule has 0 radical (unpaired) electrons. The monoisotopic (exact) mass is 290 g/mol. The van der Waals surface area contributed by atoms with Crippen molar-refractivity contribution in [1.29, 1.82) is 0 Å². The summed E-state index contributed by atoms with van der Waals surface area (Å²) in [6.45, 7) is 1.66. The average molecular weight is 290 g/mol. The zero-order chi connectivity index (χ0) is 14.5. The van der Waals surface area contributed by atoms with Crippen LogP contribution >= 0.6 is 11.3 Å². The summed E-state index contributed by atoms with van der Waals surface area (Å²) < 4.78 is 0. The van der Waals surface area contributed by atoms with E-state index in [4.69, 9.17) is 0 Å². The minimum atomic E-state index is -0.472. The van der Waals surface area contributed by atoms with Gasteiger partial charge in [-0.25, -0.2) is 5.43 Å². The molecule has 7 nitrogen and oxygen atoms in total. The fourth-order valence-corrected chi connectivity index (χ4v) is 2.16. The lowest BCUT2D eigenvalue weighted by Gasteiger charge is -2.00. The number of thiophene rings is 1. The Morgan fingerprint density at radius 1 is 1.50 bits per heavy atom. The Hall–Kier alpha value is -2.61. The highest BCUT2D eigenvalue weighted by atomic mass is 32.1. The smallest absolute Gasteiger partial charge is 0.266 e. The molecule has 0 fully saturated rings. The normalized spacial score (nSPS) is 11.2. The van der Waals surface area contributed by atoms with Gasteiger partial charge < -0.3 is 0 Å². The van der Waals surface area contributed by atoms with E-state index >= 15 is 0 Å². The molecule has 2 heterocycles. The van der Waals surface area contributed by atoms with Crippen LogP contribution in [0.25, 0.3) is 0 Å². The van der Waals surface area contributed by atoms with E-state index in [1.165, 1.54) is 29.0 Å². The maximum Gasteiger partial charge on any atom is 0.289 e. The lowest BCUT2D eigenvalue weighted by Crippen LogP contribution is -2.20. The molecule has 2 aromatic rings. The van der Waals surface area contributed by atoms with Crippen LogP contribution in [0.1, 0.15) is 22.3 Å². The van der Waals surface area contributed by atoms with Gasteiger partial charge in [-0.2, -0.15) is 5.10 Å². The number of aromatic nitrogens is 1. The molecule has 102 valence electrons. The Bertz CT molecular complexity index is 666. The van der Waals surface area contributed by atoms with Gasteiger partial charge in [-0.05, 0) is 19.1 Å². The van der Waals surface area contributed by atoms with Crippen LogP contribution in [-0.4, -0.2) is 21.5 Å². The molecule has 20 heavy (non-hydrogen) atoms. The van der Waals surface area contributed by atoms with Gasteiger partial charge in [0.25, 0.3) is 11.6 Å². The number of pyridine rings is 1. The number of hydrogen-bond acceptors (Lipinski definition) is 6. The van der Waals surface area contributed by atoms with Crippen LogP contribution in [-0.2, 0) is 0 Å². The molecular formula is C12H10N4O3S. The molecule has 0 aliphatic rings. The van der Waals surface area contributed by atoms with E-state index in [0.717, 1.165) is 0 Å². The molecule has 0 saturated carbocycles. The zero-order valence-corrected chi connectivity index (χ0v) is 11.3. The van der Waals surface area contributed by atoms with Crippen LogP contribution in [0.4, 0.5) is 5.69 Å². The van der Waals surface area contributed by atoms with Crippen molar-refractivity contribution in [2.75, 3.05) is 0 Å². The number of nitro groups is 1. The number of carbonyl (C=O) groups excluding carboxylic acids is 1. The van der Waals surface area contributed by atoms with Crippen molar-refractivity contribution in [3.05, 3.63) is 56.5 Å². The predicted octanol–water partition coefficient (Wildman–Crippen LogP) is 2.21. The number of rotatable bonds is 4. The Labute approximate surface area is 118 Å². The molecule has 8 heteroatoms. The molecule has 1 N–H and O–H groups in total. The van der Waals surface area contributed by atoms with Crippen molar-refractivity contribution >= 4 is 28.6 Å². The summed E-state index contributed by atoms with van der Waals surface area (Å²) in [7, 11) is 0. The molecule has 0 aliphatic carbocycles. The van der Waals surface area contributed by atoms with Gasteiger partial charge in [0, 0.05) is 12.3 Å². The van der Waals surface area contributed by atoms with E-state index < -0.39 is 10.8 Å². The summed E-state index contributed by atoms with van der Waals surface area (Å²) in [5.74, 6) is -0.434. The van der Waals surface area contributed by atoms with Crippen molar-refractivity contribution in [3.63, 3.8) is 0 Å². The van der Waals surface area contributed by atoms with E-state index in [1.54, 1.807) is 25.1 Å². The molecule has 0 bridgehead atoms. The van der Waals surface area contributed by atoms with Crippen LogP contribution in [0.5, 0.6) is 0 Å². The molecule has 0 saturated heterocycles. The first-order valence-electron chi connectivity index (χ1n) is 5.57. The minimum absolute atomic E-state index is 0.00982. The largest absolute Gasteiger partial charge is 0.289 e. The molecular weight excluding hydrogens is 280 g/mol. The van der Waals surface area contributed by atoms with Crippen LogP contribution in [0.3, 0.4) is 0 Å². The maximum absolute atomic E-state index is 11.7. The molecule has 2 aromatic heterocycles. The topological polar surface area (TPSA) is 97.5 Å². The summed E-state index contributed by atoms with van der Waals surface area (Å²) in [4.78, 5) is 26.3. The third-order valence-electron chi connectivity index (χ3n) is 2.38. The Morgan fingerprint density at radius 3 is 2.90 bits per heavy atom. The Balaban J connectivity index is 2.07. The molecule has 0 unspecified atom stereocenters. The molecule has 0 spiro atoms. The van der Waals surface area contributed by atoms with Gasteiger partial charge in [0.1, 0.15) is 5.69 Å². The van der Waals surface area contributed by atoms with Crippen molar-refractivity contribution < 1.29 is 9.72 Å². The first-order valence-corrected chi connectivity index (χ1v) is 6.45. The minimum Gasteiger partial charge on any atom is -0.266 e. The number of hydrogen-bond donors (Lipinski definition) is 1. The molecule has 0 aliphatic heterocycles. The van der Waals surface area contributed by atoms with Crippen LogP contribution in [0, 0.1) is 10.1 Å². The van der Waals surface area contributed by atoms with Crippen molar-refractivity contribution in [3.8, 4) is 0 Å². The lowest BCUT2D eigenvalue weighted by atomic mass is 10.3. The summed E-state index contributed by atoms with van der Waals surface area (Å²) in [5, 5.41) is 15.9. The summed E-state index contributed by atoms with van der Waals surface area (Å²) in [6, 6.07) is 6.38. The van der Waals surface area contributed by atoms with Gasteiger partial charge in [0.05, 0.1) is 20.9 Å². The third kappa shape index (κ3) is 3.23. The van der Waals surface area contributed by atoms with Crippen molar-refractivity contribution in [1.82, 2.24) is 10.4 Å². The highest BCUT2D eigenvalue weighted by Gasteiger charge is 2.11. The maximum atomic E-state index is 11.7. The first-order chi connectivity index (χ1) is 9.58. The number of amides is 1. The van der Waals surface area contributed by atoms with Crippen molar-refractivity contribution in [2.24, 2.45) is 5.10 Å². The van der Waals surface area contributed by atoms with Crippen LogP contribution < -0.4 is 5.43 Å². The number of nitrogens with one attached hydrogen (secondary N) is 1. The first kappa shape index (κ1) is 13.8. The second-order valence-electron chi connectivity index (χ2n) is 3.78. The highest BCUT2D eigenvalue weighted by Crippen LogP contribution is 2.21. The second kappa shape index (κ2) is 6.02. The molecule has 0 aromatic carbocycles. The zero-order valence-electron chi connectivity index (χ0n) is 10.4. The number of carbonyl (C=O) groups is 1. The van der Waals surface area contributed by atoms with E-state index in [2.05, 4.69) is 15.5 Å². The van der Waals surface area contributed by atoms with Gasteiger partial charge >= 0.3 is 0 Å². The molecule has 2 rings (SSSR count). The fourth-order valence-electron chi connectivity index (χ4n) is 1.36. The van der Waals surface area contributed by atoms with Gasteiger partial charge in [0.15, 0.2) is 0 Å². The number of hydrazone groups is 1. The molecule has 1 amide bonds. The van der Waals surface area contributed by atoms with Crippen molar-refractivity contribution in [2.45, 2.75) is 6.92 Å². The van der Waals surface area contributed by atoms with Crippen LogP contribution in [0.15, 0.2) is 40.9 Å². The van der Waals surface area contributed by atoms with E-state index in [0.29, 0.717) is 10.6 Å². The predicted molar refractivity (Wildman–Crippen MR) is 74.9 cm³/mol. The highest BCUT2D eigenvalue weighted by molar-refractivity contribution is 7.12. The summed E-state index contributed by atoms with van der Waals surface area (Å²) >= 11 is 1.19. The standard InChI is InChI=1S/C12H10N4O3S/c1-8(11-6-9(7-20-11)16(18)19)14-15-12(17)10-4-2-3-5-13-10/h2-7H,1H3,(H,15,17)/b14-8+. The lowest BCUT2D eigenvalue weighted by molar-refractivity contribution is -0.384. The van der Waals surface area contributed by atoms with E-state index in [-0.39, 0.29) is 11.4 Å². The quantitative estimate of drug-likeness (QED) is 0.530. The van der Waals surface area contributed by atoms with E-state index in [9.17, 15) is 14.9 Å². The summed E-state index contributed by atoms with van der Waals surface area (Å²) in [5.41, 5.74) is 3.11. The molecule has 0 atom stereocenters. The van der Waals surface area contributed by atoms with Gasteiger partial charge in [-0.1, -0.05) is 6.07 Å². The average Bonchev–Trinajstić information content (AvgIpc) is 2.95. The fraction of sp³-hybridized carbons (Fsp3) is 0.0833. The number of nitrogens with zero attached hydrogens (tertiary/aromatic N) is 3. The van der Waals surface area contributed by atoms with E-state index in [1.807, 2.05) is 0 Å². The van der Waals surface area contributed by atoms with Gasteiger partial charge in [-0.3, -0.25) is 19.9 Å². The SMILES string of the molecule is C/C(=N\NC(=O)c1ccccn1)c1cc([N+](=O)[O-])cs1. The second-order valence-corrected chi connectivity index (χ2v) is 4.69. The van der Waals surface area contributed by atoms with Gasteiger partial charge in [-0.15, -0.1) is 11.3 Å². The Kier molecular flexibility index (Phi) is 4.16. The Morgan fingerprint density at radius 2 is 2.30 bits per heavy atom. The van der Waals surface area contributed by atoms with Crippen LogP contribution in [0.2, 0.25) is 0 Å². The third-order valence-corrected chi connectivity index (χ3v) is 3.40. The van der Waals surface area contributed by atoms with Gasteiger partial charge in [0.2, 0.25) is 0 Å².